The maximum atomic E-state index is 13.0. The molecule has 2 aromatic rings. The van der Waals surface area contributed by atoms with Gasteiger partial charge in [-0.05, 0) is 30.3 Å². The topological polar surface area (TPSA) is 33.1 Å². The van der Waals surface area contributed by atoms with Gasteiger partial charge in [0, 0.05) is 11.1 Å². The van der Waals surface area contributed by atoms with Crippen LogP contribution in [0, 0.1) is 11.8 Å². The number of pyridine rings is 1. The molecule has 1 heterocycles. The van der Waals surface area contributed by atoms with Gasteiger partial charge in [-0.15, -0.1) is 0 Å². The number of nitrogens with zero attached hydrogens (tertiary/aromatic N) is 1. The van der Waals surface area contributed by atoms with Gasteiger partial charge in [0.05, 0.1) is 12.3 Å². The van der Waals surface area contributed by atoms with Crippen molar-refractivity contribution in [2.45, 2.75) is 6.61 Å². The molecule has 0 spiro atoms. The van der Waals surface area contributed by atoms with Crippen LogP contribution in [0.3, 0.4) is 0 Å². The van der Waals surface area contributed by atoms with Crippen LogP contribution in [-0.4, -0.2) is 10.1 Å². The summed E-state index contributed by atoms with van der Waals surface area (Å²) < 4.78 is 25.7. The van der Waals surface area contributed by atoms with E-state index in [1.54, 1.807) is 0 Å². The third kappa shape index (κ3) is 2.06. The molecule has 0 saturated carbocycles. The maximum absolute atomic E-state index is 13.0. The molecule has 0 bridgehead atoms. The minimum Gasteiger partial charge on any atom is -0.392 e. The molecule has 0 fully saturated rings. The fourth-order valence-electron chi connectivity index (χ4n) is 1.45. The number of hydrogen-bond acceptors (Lipinski definition) is 2. The second-order valence-corrected chi connectivity index (χ2v) is 3.31. The second kappa shape index (κ2) is 4.37. The highest BCUT2D eigenvalue weighted by atomic mass is 19.1. The molecule has 0 unspecified atom stereocenters. The molecule has 4 heteroatoms. The van der Waals surface area contributed by atoms with E-state index in [1.165, 1.54) is 36.4 Å². The van der Waals surface area contributed by atoms with Crippen molar-refractivity contribution < 1.29 is 13.9 Å². The van der Waals surface area contributed by atoms with Crippen molar-refractivity contribution >= 4 is 0 Å². The van der Waals surface area contributed by atoms with E-state index in [2.05, 4.69) is 4.98 Å². The molecule has 82 valence electrons. The predicted molar refractivity (Wildman–Crippen MR) is 55.5 cm³/mol. The van der Waals surface area contributed by atoms with Gasteiger partial charge in [-0.1, -0.05) is 6.07 Å². The van der Waals surface area contributed by atoms with Crippen LogP contribution in [0.4, 0.5) is 8.78 Å². The Kier molecular flexibility index (Phi) is 2.92. The summed E-state index contributed by atoms with van der Waals surface area (Å²) in [5.41, 5.74) is 1.42. The molecular formula is C12H9F2NO. The van der Waals surface area contributed by atoms with Crippen molar-refractivity contribution in [1.29, 1.82) is 0 Å². The van der Waals surface area contributed by atoms with E-state index in [0.717, 1.165) is 0 Å². The summed E-state index contributed by atoms with van der Waals surface area (Å²) in [6.07, 6.45) is 0. The van der Waals surface area contributed by atoms with Crippen LogP contribution in [0.2, 0.25) is 0 Å². The number of aliphatic hydroxyl groups excluding tert-OH is 1. The minimum atomic E-state index is -0.628. The lowest BCUT2D eigenvalue weighted by Crippen LogP contribution is -1.95. The molecule has 1 aromatic heterocycles. The van der Waals surface area contributed by atoms with E-state index in [-0.39, 0.29) is 12.4 Å². The zero-order chi connectivity index (χ0) is 11.5. The maximum Gasteiger partial charge on any atom is 0.213 e. The smallest absolute Gasteiger partial charge is 0.213 e. The Morgan fingerprint density at radius 3 is 2.31 bits per heavy atom. The summed E-state index contributed by atoms with van der Waals surface area (Å²) in [5, 5.41) is 9.09. The van der Waals surface area contributed by atoms with Crippen molar-refractivity contribution in [1.82, 2.24) is 4.98 Å². The zero-order valence-electron chi connectivity index (χ0n) is 8.32. The van der Waals surface area contributed by atoms with Gasteiger partial charge in [-0.25, -0.2) is 9.37 Å². The van der Waals surface area contributed by atoms with E-state index in [4.69, 9.17) is 5.11 Å². The second-order valence-electron chi connectivity index (χ2n) is 3.31. The molecule has 2 rings (SSSR count). The number of benzene rings is 1. The summed E-state index contributed by atoms with van der Waals surface area (Å²) in [4.78, 5) is 3.69. The summed E-state index contributed by atoms with van der Waals surface area (Å²) in [6.45, 7) is -0.236. The van der Waals surface area contributed by atoms with Crippen molar-refractivity contribution in [2.75, 3.05) is 0 Å². The molecule has 0 atom stereocenters. The molecule has 0 amide bonds. The van der Waals surface area contributed by atoms with E-state index in [1.807, 2.05) is 0 Å². The SMILES string of the molecule is OCc1ccc(F)nc1-c1ccc(F)cc1. The normalized spacial score (nSPS) is 10.4. The summed E-state index contributed by atoms with van der Waals surface area (Å²) in [6, 6.07) is 8.16. The lowest BCUT2D eigenvalue weighted by atomic mass is 10.1. The number of aromatic nitrogens is 1. The number of halogens is 2. The molecule has 16 heavy (non-hydrogen) atoms. The van der Waals surface area contributed by atoms with Gasteiger partial charge in [0.15, 0.2) is 0 Å². The lowest BCUT2D eigenvalue weighted by molar-refractivity contribution is 0.281. The van der Waals surface area contributed by atoms with Gasteiger partial charge in [0.25, 0.3) is 0 Å². The minimum absolute atomic E-state index is 0.236. The monoisotopic (exact) mass is 221 g/mol. The Hall–Kier alpha value is -1.81. The Bertz CT molecular complexity index is 497. The highest BCUT2D eigenvalue weighted by Gasteiger charge is 2.07. The number of rotatable bonds is 2. The number of hydrogen-bond donors (Lipinski definition) is 1. The van der Waals surface area contributed by atoms with E-state index in [0.29, 0.717) is 16.8 Å². The third-order valence-corrected chi connectivity index (χ3v) is 2.23. The van der Waals surface area contributed by atoms with Crippen molar-refractivity contribution in [3.05, 3.63) is 53.7 Å². The first-order chi connectivity index (χ1) is 7.70. The summed E-state index contributed by atoms with van der Waals surface area (Å²) >= 11 is 0. The molecule has 2 nitrogen and oxygen atoms in total. The third-order valence-electron chi connectivity index (χ3n) is 2.23. The zero-order valence-corrected chi connectivity index (χ0v) is 8.32. The first-order valence-corrected chi connectivity index (χ1v) is 4.73. The van der Waals surface area contributed by atoms with Gasteiger partial charge in [0.1, 0.15) is 5.82 Å². The predicted octanol–water partition coefficient (Wildman–Crippen LogP) is 2.52. The van der Waals surface area contributed by atoms with Crippen molar-refractivity contribution in [3.63, 3.8) is 0 Å². The average Bonchev–Trinajstić information content (AvgIpc) is 2.30. The molecule has 0 radical (unpaired) electrons. The van der Waals surface area contributed by atoms with Crippen LogP contribution in [0.5, 0.6) is 0 Å². The molecule has 0 saturated heterocycles. The van der Waals surface area contributed by atoms with Gasteiger partial charge >= 0.3 is 0 Å². The molecule has 0 aliphatic carbocycles. The fraction of sp³-hybridized carbons (Fsp3) is 0.0833. The van der Waals surface area contributed by atoms with Gasteiger partial charge in [-0.2, -0.15) is 4.39 Å². The Morgan fingerprint density at radius 2 is 1.69 bits per heavy atom. The van der Waals surface area contributed by atoms with Crippen LogP contribution in [0.15, 0.2) is 36.4 Å². The molecule has 0 aliphatic rings. The van der Waals surface area contributed by atoms with E-state index in [9.17, 15) is 8.78 Å². The van der Waals surface area contributed by atoms with Crippen LogP contribution >= 0.6 is 0 Å². The lowest BCUT2D eigenvalue weighted by Gasteiger charge is -2.06. The summed E-state index contributed by atoms with van der Waals surface area (Å²) in [5.74, 6) is -0.998. The van der Waals surface area contributed by atoms with Crippen LogP contribution < -0.4 is 0 Å². The number of aliphatic hydroxyl groups is 1. The van der Waals surface area contributed by atoms with Gasteiger partial charge in [-0.3, -0.25) is 0 Å². The molecule has 1 N–H and O–H groups in total. The van der Waals surface area contributed by atoms with E-state index < -0.39 is 5.95 Å². The Labute approximate surface area is 91.2 Å². The first-order valence-electron chi connectivity index (χ1n) is 4.73. The molecule has 1 aromatic carbocycles. The van der Waals surface area contributed by atoms with Crippen LogP contribution in [0.1, 0.15) is 5.56 Å². The summed E-state index contributed by atoms with van der Waals surface area (Å²) in [7, 11) is 0. The highest BCUT2D eigenvalue weighted by molar-refractivity contribution is 5.62. The Morgan fingerprint density at radius 1 is 1.00 bits per heavy atom. The van der Waals surface area contributed by atoms with Gasteiger partial charge < -0.3 is 5.11 Å². The first kappa shape index (κ1) is 10.7. The quantitative estimate of drug-likeness (QED) is 0.790. The largest absolute Gasteiger partial charge is 0.392 e. The van der Waals surface area contributed by atoms with Gasteiger partial charge in [0.2, 0.25) is 5.95 Å². The van der Waals surface area contributed by atoms with Crippen molar-refractivity contribution in [2.24, 2.45) is 0 Å². The molecular weight excluding hydrogens is 212 g/mol. The van der Waals surface area contributed by atoms with Crippen LogP contribution in [-0.2, 0) is 6.61 Å². The highest BCUT2D eigenvalue weighted by Crippen LogP contribution is 2.22. The fourth-order valence-corrected chi connectivity index (χ4v) is 1.45. The standard InChI is InChI=1S/C12H9F2NO/c13-10-4-1-8(2-5-10)12-9(7-16)3-6-11(14)15-12/h1-6,16H,7H2. The van der Waals surface area contributed by atoms with E-state index >= 15 is 0 Å². The average molecular weight is 221 g/mol. The molecule has 0 aliphatic heterocycles. The van der Waals surface area contributed by atoms with Crippen LogP contribution in [0.25, 0.3) is 11.3 Å². The Balaban J connectivity index is 2.53. The van der Waals surface area contributed by atoms with Crippen molar-refractivity contribution in [3.8, 4) is 11.3 Å².